The number of hydrogen-bond donors (Lipinski definition) is 3. The SMILES string of the molecule is NC(CC(=O)NC(O)CC=O)C(=O)CCSCC(F)C(F)(F)C(F)(F)C(F)(F)C(F)(F)C(F)(F)C(F)(F)C(F)(F)C(F)F. The second kappa shape index (κ2) is 13.9. The van der Waals surface area contributed by atoms with E-state index in [1.54, 1.807) is 5.32 Å². The number of aliphatic hydroxyl groups excluding tert-OH is 1. The van der Waals surface area contributed by atoms with Gasteiger partial charge in [0.1, 0.15) is 12.5 Å². The highest BCUT2D eigenvalue weighted by Gasteiger charge is 2.94. The summed E-state index contributed by atoms with van der Waals surface area (Å²) in [6, 6.07) is -1.70. The van der Waals surface area contributed by atoms with Crippen molar-refractivity contribution in [3.8, 4) is 0 Å². The molecule has 0 aliphatic heterocycles. The molecule has 0 fully saturated rings. The lowest BCUT2D eigenvalue weighted by molar-refractivity contribution is -0.449. The van der Waals surface area contributed by atoms with Crippen LogP contribution in [0.25, 0.3) is 0 Å². The van der Waals surface area contributed by atoms with Crippen molar-refractivity contribution >= 4 is 29.7 Å². The molecule has 0 spiro atoms. The zero-order chi connectivity index (χ0) is 34.6. The van der Waals surface area contributed by atoms with Crippen molar-refractivity contribution in [2.75, 3.05) is 11.5 Å². The third-order valence-electron chi connectivity index (χ3n) is 5.31. The Morgan fingerprint density at radius 2 is 1.19 bits per heavy atom. The number of nitrogens with one attached hydrogen (secondary N) is 1. The highest BCUT2D eigenvalue weighted by atomic mass is 32.2. The van der Waals surface area contributed by atoms with Gasteiger partial charge in [0.2, 0.25) is 5.91 Å². The number of Topliss-reactive ketones (excluding diaryl/α,β-unsaturated/α-hetero) is 1. The number of amides is 1. The molecule has 0 heterocycles. The standard InChI is InChI=1S/C19H19F17N2O4S/c20-9(6-43-4-2-8(40)7(37)5-11(42)38-10(41)1-3-39)13(23,24)15(27,28)17(31,32)19(35,36)18(33,34)16(29,30)14(25,26)12(21)22/h3,7,9-10,12,41H,1-2,4-6,37H2,(H,38,42). The Labute approximate surface area is 232 Å². The summed E-state index contributed by atoms with van der Waals surface area (Å²) < 4.78 is 227. The van der Waals surface area contributed by atoms with Crippen LogP contribution in [-0.2, 0) is 14.4 Å². The van der Waals surface area contributed by atoms with Crippen LogP contribution in [0.1, 0.15) is 19.3 Å². The number of nitrogens with two attached hydrogens (primary N) is 1. The number of alkyl halides is 17. The van der Waals surface area contributed by atoms with Gasteiger partial charge in [0.05, 0.1) is 6.04 Å². The molecule has 254 valence electrons. The van der Waals surface area contributed by atoms with Crippen molar-refractivity contribution in [2.45, 2.75) is 85.6 Å². The Bertz CT molecular complexity index is 983. The molecule has 0 rings (SSSR count). The van der Waals surface area contributed by atoms with Crippen LogP contribution in [0, 0.1) is 0 Å². The van der Waals surface area contributed by atoms with Crippen LogP contribution in [0.4, 0.5) is 74.6 Å². The maximum absolute atomic E-state index is 13.9. The lowest BCUT2D eigenvalue weighted by Crippen LogP contribution is -2.74. The fraction of sp³-hybridized carbons (Fsp3) is 0.842. The summed E-state index contributed by atoms with van der Waals surface area (Å²) in [7, 11) is 0. The van der Waals surface area contributed by atoms with E-state index in [9.17, 15) is 94.1 Å². The number of carbonyl (C=O) groups is 3. The second-order valence-corrected chi connectivity index (χ2v) is 9.62. The monoisotopic (exact) mass is 694 g/mol. The summed E-state index contributed by atoms with van der Waals surface area (Å²) in [4.78, 5) is 33.5. The van der Waals surface area contributed by atoms with Gasteiger partial charge in [0.25, 0.3) is 0 Å². The van der Waals surface area contributed by atoms with Crippen molar-refractivity contribution in [3.63, 3.8) is 0 Å². The molecule has 0 aliphatic rings. The molecule has 3 unspecified atom stereocenters. The third kappa shape index (κ3) is 7.76. The van der Waals surface area contributed by atoms with Gasteiger partial charge in [-0.2, -0.15) is 73.2 Å². The molecule has 24 heteroatoms. The van der Waals surface area contributed by atoms with E-state index in [4.69, 9.17) is 5.73 Å². The predicted molar refractivity (Wildman–Crippen MR) is 110 cm³/mol. The van der Waals surface area contributed by atoms with E-state index in [2.05, 4.69) is 0 Å². The topological polar surface area (TPSA) is 109 Å². The number of thioether (sulfide) groups is 1. The molecule has 3 atom stereocenters. The number of aldehydes is 1. The van der Waals surface area contributed by atoms with E-state index in [-0.39, 0.29) is 18.0 Å². The first-order valence-electron chi connectivity index (χ1n) is 10.9. The van der Waals surface area contributed by atoms with Gasteiger partial charge in [0.15, 0.2) is 12.0 Å². The van der Waals surface area contributed by atoms with Gasteiger partial charge < -0.3 is 21.0 Å². The number of halogens is 17. The molecule has 0 aromatic heterocycles. The number of hydrogen-bond acceptors (Lipinski definition) is 6. The van der Waals surface area contributed by atoms with Crippen molar-refractivity contribution in [1.29, 1.82) is 0 Å². The second-order valence-electron chi connectivity index (χ2n) is 8.47. The maximum atomic E-state index is 13.9. The van der Waals surface area contributed by atoms with Gasteiger partial charge in [-0.25, -0.2) is 13.2 Å². The van der Waals surface area contributed by atoms with Gasteiger partial charge in [0, 0.05) is 30.8 Å². The summed E-state index contributed by atoms with van der Waals surface area (Å²) in [6.07, 6.45) is -14.5. The fourth-order valence-corrected chi connectivity index (χ4v) is 3.63. The molecule has 0 bridgehead atoms. The first-order valence-corrected chi connectivity index (χ1v) is 12.0. The molecule has 0 saturated carbocycles. The molecule has 0 radical (unpaired) electrons. The van der Waals surface area contributed by atoms with Crippen LogP contribution < -0.4 is 11.1 Å². The Hall–Kier alpha value is -2.11. The van der Waals surface area contributed by atoms with Gasteiger partial charge >= 0.3 is 47.9 Å². The molecule has 0 aromatic carbocycles. The Kier molecular flexibility index (Phi) is 13.2. The Morgan fingerprint density at radius 3 is 1.60 bits per heavy atom. The average molecular weight is 694 g/mol. The highest BCUT2D eigenvalue weighted by Crippen LogP contribution is 2.63. The molecule has 4 N–H and O–H groups in total. The largest absolute Gasteiger partial charge is 0.385 e. The Balaban J connectivity index is 5.63. The van der Waals surface area contributed by atoms with Gasteiger partial charge in [-0.05, 0) is 0 Å². The minimum Gasteiger partial charge on any atom is -0.373 e. The van der Waals surface area contributed by atoms with Gasteiger partial charge in [-0.15, -0.1) is 0 Å². The maximum Gasteiger partial charge on any atom is 0.385 e. The van der Waals surface area contributed by atoms with E-state index >= 15 is 0 Å². The lowest BCUT2D eigenvalue weighted by Gasteiger charge is -2.42. The predicted octanol–water partition coefficient (Wildman–Crippen LogP) is 4.47. The van der Waals surface area contributed by atoms with Crippen LogP contribution in [-0.4, -0.2) is 101 Å². The first-order chi connectivity index (χ1) is 19.0. The summed E-state index contributed by atoms with van der Waals surface area (Å²) in [5.41, 5.74) is 5.31. The van der Waals surface area contributed by atoms with Crippen molar-refractivity contribution < 1.29 is 94.1 Å². The number of carbonyl (C=O) groups excluding carboxylic acids is 3. The smallest absolute Gasteiger partial charge is 0.373 e. The molecule has 6 nitrogen and oxygen atoms in total. The van der Waals surface area contributed by atoms with Crippen molar-refractivity contribution in [2.24, 2.45) is 5.73 Å². The molecular formula is C19H19F17N2O4S. The zero-order valence-electron chi connectivity index (χ0n) is 20.5. The number of ketones is 1. The third-order valence-corrected chi connectivity index (χ3v) is 6.33. The summed E-state index contributed by atoms with van der Waals surface area (Å²) in [6.45, 7) is 0. The first kappa shape index (κ1) is 40.9. The normalized spacial score (nSPS) is 16.6. The van der Waals surface area contributed by atoms with Gasteiger partial charge in [-0.1, -0.05) is 0 Å². The van der Waals surface area contributed by atoms with E-state index < -0.39 is 109 Å². The van der Waals surface area contributed by atoms with E-state index in [1.807, 2.05) is 0 Å². The van der Waals surface area contributed by atoms with Crippen LogP contribution in [0.5, 0.6) is 0 Å². The zero-order valence-corrected chi connectivity index (χ0v) is 21.3. The number of rotatable bonds is 19. The van der Waals surface area contributed by atoms with Crippen LogP contribution in [0.2, 0.25) is 0 Å². The molecule has 0 aliphatic carbocycles. The van der Waals surface area contributed by atoms with E-state index in [0.29, 0.717) is 0 Å². The summed E-state index contributed by atoms with van der Waals surface area (Å²) >= 11 is -0.306. The van der Waals surface area contributed by atoms with Crippen molar-refractivity contribution in [1.82, 2.24) is 5.32 Å². The minimum atomic E-state index is -8.64. The summed E-state index contributed by atoms with van der Waals surface area (Å²) in [5, 5.41) is 11.0. The van der Waals surface area contributed by atoms with E-state index in [0.717, 1.165) is 0 Å². The van der Waals surface area contributed by atoms with Crippen molar-refractivity contribution in [3.05, 3.63) is 0 Å². The quantitative estimate of drug-likeness (QED) is 0.0798. The van der Waals surface area contributed by atoms with Crippen LogP contribution >= 0.6 is 11.8 Å². The van der Waals surface area contributed by atoms with E-state index in [1.165, 1.54) is 0 Å². The molecule has 1 amide bonds. The number of aliphatic hydroxyl groups is 1. The molecular weight excluding hydrogens is 675 g/mol. The van der Waals surface area contributed by atoms with Gasteiger partial charge in [-0.3, -0.25) is 9.59 Å². The molecule has 43 heavy (non-hydrogen) atoms. The molecule has 0 saturated heterocycles. The lowest BCUT2D eigenvalue weighted by atomic mass is 9.88. The van der Waals surface area contributed by atoms with Crippen LogP contribution in [0.15, 0.2) is 0 Å². The minimum absolute atomic E-state index is 0.198. The Morgan fingerprint density at radius 1 is 0.767 bits per heavy atom. The fourth-order valence-electron chi connectivity index (χ4n) is 2.70. The average Bonchev–Trinajstić information content (AvgIpc) is 2.85. The summed E-state index contributed by atoms with van der Waals surface area (Å²) in [5.74, 6) is -62.0. The van der Waals surface area contributed by atoms with Crippen LogP contribution in [0.3, 0.4) is 0 Å². The molecule has 0 aromatic rings. The highest BCUT2D eigenvalue weighted by molar-refractivity contribution is 7.99.